The first-order valence-electron chi connectivity index (χ1n) is 5.35. The summed E-state index contributed by atoms with van der Waals surface area (Å²) in [6.45, 7) is 2.15. The lowest BCUT2D eigenvalue weighted by atomic mass is 10.0. The van der Waals surface area contributed by atoms with Crippen molar-refractivity contribution in [3.8, 4) is 0 Å². The maximum atomic E-state index is 12.9. The molecule has 1 unspecified atom stereocenters. The minimum atomic E-state index is -0.388. The van der Waals surface area contributed by atoms with Crippen molar-refractivity contribution in [1.82, 2.24) is 0 Å². The van der Waals surface area contributed by atoms with Crippen molar-refractivity contribution < 1.29 is 4.39 Å². The minimum Gasteiger partial charge on any atom is -0.324 e. The van der Waals surface area contributed by atoms with Gasteiger partial charge in [0.2, 0.25) is 0 Å². The van der Waals surface area contributed by atoms with Crippen molar-refractivity contribution in [2.24, 2.45) is 5.73 Å². The van der Waals surface area contributed by atoms with Gasteiger partial charge in [0.25, 0.3) is 0 Å². The van der Waals surface area contributed by atoms with Crippen molar-refractivity contribution in [1.29, 1.82) is 0 Å². The van der Waals surface area contributed by atoms with Gasteiger partial charge in [-0.1, -0.05) is 43.9 Å². The monoisotopic (exact) mass is 229 g/mol. The van der Waals surface area contributed by atoms with Gasteiger partial charge >= 0.3 is 0 Å². The smallest absolute Gasteiger partial charge is 0.141 e. The number of unbranched alkanes of at least 4 members (excludes halogenated alkanes) is 2. The van der Waals surface area contributed by atoms with Crippen LogP contribution in [0.1, 0.15) is 44.2 Å². The maximum Gasteiger partial charge on any atom is 0.141 e. The van der Waals surface area contributed by atoms with Gasteiger partial charge in [-0.2, -0.15) is 0 Å². The zero-order valence-electron chi connectivity index (χ0n) is 8.97. The van der Waals surface area contributed by atoms with Crippen LogP contribution in [0.4, 0.5) is 4.39 Å². The number of halogens is 2. The maximum absolute atomic E-state index is 12.9. The van der Waals surface area contributed by atoms with Gasteiger partial charge in [0.05, 0.1) is 5.02 Å². The van der Waals surface area contributed by atoms with Crippen LogP contribution in [0.15, 0.2) is 18.2 Å². The fourth-order valence-corrected chi connectivity index (χ4v) is 1.71. The molecule has 0 saturated heterocycles. The molecule has 3 heteroatoms. The third-order valence-corrected chi connectivity index (χ3v) is 2.78. The van der Waals surface area contributed by atoms with E-state index in [1.54, 1.807) is 12.1 Å². The van der Waals surface area contributed by atoms with E-state index in [1.807, 2.05) is 0 Å². The van der Waals surface area contributed by atoms with Crippen LogP contribution in [0.2, 0.25) is 5.02 Å². The third kappa shape index (κ3) is 3.80. The number of benzene rings is 1. The van der Waals surface area contributed by atoms with Crippen molar-refractivity contribution in [2.45, 2.75) is 38.6 Å². The lowest BCUT2D eigenvalue weighted by Gasteiger charge is -2.12. The van der Waals surface area contributed by atoms with E-state index in [0.29, 0.717) is 0 Å². The number of hydrogen-bond acceptors (Lipinski definition) is 1. The van der Waals surface area contributed by atoms with Crippen LogP contribution in [-0.4, -0.2) is 0 Å². The molecule has 0 aliphatic heterocycles. The largest absolute Gasteiger partial charge is 0.324 e. The number of hydrogen-bond donors (Lipinski definition) is 1. The summed E-state index contributed by atoms with van der Waals surface area (Å²) in [5.41, 5.74) is 6.89. The van der Waals surface area contributed by atoms with Gasteiger partial charge in [0.15, 0.2) is 0 Å². The van der Waals surface area contributed by atoms with Crippen LogP contribution in [0.5, 0.6) is 0 Å². The van der Waals surface area contributed by atoms with Crippen LogP contribution in [0.3, 0.4) is 0 Å². The van der Waals surface area contributed by atoms with Crippen LogP contribution in [0.25, 0.3) is 0 Å². The molecule has 2 N–H and O–H groups in total. The van der Waals surface area contributed by atoms with Crippen LogP contribution in [0, 0.1) is 5.82 Å². The molecule has 0 fully saturated rings. The second kappa shape index (κ2) is 6.09. The molecule has 0 bridgehead atoms. The summed E-state index contributed by atoms with van der Waals surface area (Å²) in [5.74, 6) is -0.388. The normalized spacial score (nSPS) is 12.8. The average molecular weight is 230 g/mol. The Labute approximate surface area is 95.4 Å². The van der Waals surface area contributed by atoms with E-state index in [4.69, 9.17) is 17.3 Å². The highest BCUT2D eigenvalue weighted by molar-refractivity contribution is 6.30. The van der Waals surface area contributed by atoms with Gasteiger partial charge in [-0.3, -0.25) is 0 Å². The average Bonchev–Trinajstić information content (AvgIpc) is 2.22. The SMILES string of the molecule is CCCCCC(N)c1ccc(F)c(Cl)c1. The molecule has 0 spiro atoms. The molecular weight excluding hydrogens is 213 g/mol. The fourth-order valence-electron chi connectivity index (χ4n) is 1.52. The molecule has 0 amide bonds. The van der Waals surface area contributed by atoms with Crippen molar-refractivity contribution in [2.75, 3.05) is 0 Å². The summed E-state index contributed by atoms with van der Waals surface area (Å²) in [7, 11) is 0. The molecule has 1 aromatic rings. The molecule has 1 nitrogen and oxygen atoms in total. The summed E-state index contributed by atoms with van der Waals surface area (Å²) in [5, 5.41) is 0.151. The molecular formula is C12H17ClFN. The first-order valence-corrected chi connectivity index (χ1v) is 5.73. The van der Waals surface area contributed by atoms with E-state index in [1.165, 1.54) is 18.9 Å². The molecule has 0 heterocycles. The molecule has 1 aromatic carbocycles. The van der Waals surface area contributed by atoms with E-state index in [9.17, 15) is 4.39 Å². The Balaban J connectivity index is 2.57. The first-order chi connectivity index (χ1) is 7.15. The topological polar surface area (TPSA) is 26.0 Å². The molecule has 84 valence electrons. The second-order valence-electron chi connectivity index (χ2n) is 3.78. The molecule has 0 aromatic heterocycles. The first kappa shape index (κ1) is 12.5. The predicted octanol–water partition coefficient (Wildman–Crippen LogP) is 4.06. The predicted molar refractivity (Wildman–Crippen MR) is 62.5 cm³/mol. The summed E-state index contributed by atoms with van der Waals surface area (Å²) in [6.07, 6.45) is 4.39. The lowest BCUT2D eigenvalue weighted by molar-refractivity contribution is 0.578. The van der Waals surface area contributed by atoms with Gasteiger partial charge < -0.3 is 5.73 Å². The second-order valence-corrected chi connectivity index (χ2v) is 4.18. The van der Waals surface area contributed by atoms with Crippen molar-refractivity contribution >= 4 is 11.6 Å². The standard InChI is InChI=1S/C12H17ClFN/c1-2-3-4-5-12(15)9-6-7-11(14)10(13)8-9/h6-8,12H,2-5,15H2,1H3. The Bertz CT molecular complexity index is 314. The van der Waals surface area contributed by atoms with Crippen LogP contribution in [-0.2, 0) is 0 Å². The highest BCUT2D eigenvalue weighted by Crippen LogP contribution is 2.22. The molecule has 0 radical (unpaired) electrons. The molecule has 0 saturated carbocycles. The van der Waals surface area contributed by atoms with Crippen molar-refractivity contribution in [3.63, 3.8) is 0 Å². The summed E-state index contributed by atoms with van der Waals surface area (Å²) in [4.78, 5) is 0. The van der Waals surface area contributed by atoms with Gasteiger partial charge in [-0.25, -0.2) is 4.39 Å². The zero-order valence-corrected chi connectivity index (χ0v) is 9.73. The van der Waals surface area contributed by atoms with E-state index < -0.39 is 0 Å². The van der Waals surface area contributed by atoms with Gasteiger partial charge in [0.1, 0.15) is 5.82 Å². The van der Waals surface area contributed by atoms with E-state index >= 15 is 0 Å². The summed E-state index contributed by atoms with van der Waals surface area (Å²) >= 11 is 5.69. The van der Waals surface area contributed by atoms with Gasteiger partial charge in [-0.15, -0.1) is 0 Å². The van der Waals surface area contributed by atoms with Gasteiger partial charge in [0, 0.05) is 6.04 Å². The molecule has 15 heavy (non-hydrogen) atoms. The molecule has 1 atom stereocenters. The van der Waals surface area contributed by atoms with Gasteiger partial charge in [-0.05, 0) is 24.1 Å². The Morgan fingerprint density at radius 1 is 1.40 bits per heavy atom. The molecule has 0 aliphatic carbocycles. The third-order valence-electron chi connectivity index (χ3n) is 2.49. The fraction of sp³-hybridized carbons (Fsp3) is 0.500. The van der Waals surface area contributed by atoms with E-state index in [2.05, 4.69) is 6.92 Å². The molecule has 1 rings (SSSR count). The molecule has 0 aliphatic rings. The van der Waals surface area contributed by atoms with Crippen LogP contribution < -0.4 is 5.73 Å². The summed E-state index contributed by atoms with van der Waals surface area (Å²) in [6, 6.07) is 4.66. The Morgan fingerprint density at radius 2 is 2.13 bits per heavy atom. The minimum absolute atomic E-state index is 0.0327. The highest BCUT2D eigenvalue weighted by atomic mass is 35.5. The van der Waals surface area contributed by atoms with E-state index in [0.717, 1.165) is 18.4 Å². The number of nitrogens with two attached hydrogens (primary N) is 1. The van der Waals surface area contributed by atoms with E-state index in [-0.39, 0.29) is 16.9 Å². The highest BCUT2D eigenvalue weighted by Gasteiger charge is 2.08. The quantitative estimate of drug-likeness (QED) is 0.758. The zero-order chi connectivity index (χ0) is 11.3. The van der Waals surface area contributed by atoms with Crippen molar-refractivity contribution in [3.05, 3.63) is 34.6 Å². The Hall–Kier alpha value is -0.600. The lowest BCUT2D eigenvalue weighted by Crippen LogP contribution is -2.10. The van der Waals surface area contributed by atoms with Crippen LogP contribution >= 0.6 is 11.6 Å². The Kier molecular flexibility index (Phi) is 5.06. The Morgan fingerprint density at radius 3 is 2.73 bits per heavy atom. The number of rotatable bonds is 5. The summed E-state index contributed by atoms with van der Waals surface area (Å²) < 4.78 is 12.9.